The van der Waals surface area contributed by atoms with Crippen LogP contribution in [0.25, 0.3) is 10.8 Å². The summed E-state index contributed by atoms with van der Waals surface area (Å²) in [5.41, 5.74) is -0.756. The summed E-state index contributed by atoms with van der Waals surface area (Å²) < 4.78 is 53.6. The molecule has 1 amide bonds. The number of pyridine rings is 1. The number of nitrogens with zero attached hydrogens (tertiary/aromatic N) is 1. The van der Waals surface area contributed by atoms with Crippen molar-refractivity contribution in [1.82, 2.24) is 4.57 Å². The fraction of sp³-hybridized carbons (Fsp3) is 0.273. The molecule has 164 valence electrons. The van der Waals surface area contributed by atoms with Gasteiger partial charge in [-0.25, -0.2) is 4.39 Å². The number of rotatable bonds is 5. The Hall–Kier alpha value is -3.20. The Labute approximate surface area is 174 Å². The Morgan fingerprint density at radius 2 is 1.87 bits per heavy atom. The number of benzene rings is 2. The molecule has 9 heteroatoms. The van der Waals surface area contributed by atoms with Crippen molar-refractivity contribution in [3.05, 3.63) is 75.5 Å². The summed E-state index contributed by atoms with van der Waals surface area (Å²) in [4.78, 5) is 25.3. The van der Waals surface area contributed by atoms with E-state index in [4.69, 9.17) is 0 Å². The minimum atomic E-state index is -4.87. The molecule has 3 rings (SSSR count). The minimum Gasteiger partial charge on any atom is -0.394 e. The Kier molecular flexibility index (Phi) is 6.17. The Balaban J connectivity index is 1.93. The van der Waals surface area contributed by atoms with E-state index in [9.17, 15) is 32.3 Å². The van der Waals surface area contributed by atoms with Crippen molar-refractivity contribution in [3.63, 3.8) is 0 Å². The Morgan fingerprint density at radius 3 is 2.52 bits per heavy atom. The lowest BCUT2D eigenvalue weighted by molar-refractivity contribution is -0.140. The molecule has 0 saturated carbocycles. The standard InChI is InChI=1S/C22H20F4N2O3/c1-12-3-5-16-15(7-8-28(21(16)31)13(2)11-29)20(12)27-19(30)10-14-4-6-18(23)17(9-14)22(24,25)26/h3-9,13,29H,10-11H2,1-2H3,(H,27,30). The number of carbonyl (C=O) groups is 1. The number of hydrogen-bond donors (Lipinski definition) is 2. The summed E-state index contributed by atoms with van der Waals surface area (Å²) in [6.45, 7) is 3.18. The first-order valence-corrected chi connectivity index (χ1v) is 9.43. The summed E-state index contributed by atoms with van der Waals surface area (Å²) in [6, 6.07) is 6.86. The van der Waals surface area contributed by atoms with Crippen LogP contribution in [0.5, 0.6) is 0 Å². The van der Waals surface area contributed by atoms with Crippen molar-refractivity contribution in [3.8, 4) is 0 Å². The summed E-state index contributed by atoms with van der Waals surface area (Å²) in [7, 11) is 0. The van der Waals surface area contributed by atoms with Gasteiger partial charge in [0.1, 0.15) is 5.82 Å². The van der Waals surface area contributed by atoms with Gasteiger partial charge in [-0.15, -0.1) is 0 Å². The lowest BCUT2D eigenvalue weighted by Crippen LogP contribution is -2.25. The van der Waals surface area contributed by atoms with Crippen LogP contribution in [-0.2, 0) is 17.4 Å². The summed E-state index contributed by atoms with van der Waals surface area (Å²) in [5.74, 6) is -2.02. The number of aromatic nitrogens is 1. The number of carbonyl (C=O) groups excluding carboxylic acids is 1. The second kappa shape index (κ2) is 8.50. The molecule has 0 radical (unpaired) electrons. The summed E-state index contributed by atoms with van der Waals surface area (Å²) in [6.07, 6.45) is -3.76. The fourth-order valence-corrected chi connectivity index (χ4v) is 3.32. The number of fused-ring (bicyclic) bond motifs is 1. The molecule has 1 heterocycles. The highest BCUT2D eigenvalue weighted by atomic mass is 19.4. The smallest absolute Gasteiger partial charge is 0.394 e. The number of alkyl halides is 3. The molecule has 0 bridgehead atoms. The van der Waals surface area contributed by atoms with E-state index in [1.54, 1.807) is 32.0 Å². The highest BCUT2D eigenvalue weighted by molar-refractivity contribution is 6.03. The van der Waals surface area contributed by atoms with E-state index >= 15 is 0 Å². The van der Waals surface area contributed by atoms with Gasteiger partial charge in [-0.2, -0.15) is 13.2 Å². The van der Waals surface area contributed by atoms with Crippen molar-refractivity contribution in [2.75, 3.05) is 11.9 Å². The zero-order chi connectivity index (χ0) is 22.9. The van der Waals surface area contributed by atoms with Gasteiger partial charge >= 0.3 is 6.18 Å². The molecule has 1 atom stereocenters. The van der Waals surface area contributed by atoms with Gasteiger partial charge in [-0.3, -0.25) is 9.59 Å². The largest absolute Gasteiger partial charge is 0.419 e. The maximum Gasteiger partial charge on any atom is 0.419 e. The van der Waals surface area contributed by atoms with Crippen LogP contribution >= 0.6 is 0 Å². The molecule has 0 spiro atoms. The van der Waals surface area contributed by atoms with E-state index < -0.39 is 35.9 Å². The summed E-state index contributed by atoms with van der Waals surface area (Å²) >= 11 is 0. The van der Waals surface area contributed by atoms with E-state index in [2.05, 4.69) is 5.32 Å². The third-order valence-electron chi connectivity index (χ3n) is 5.02. The number of hydrogen-bond acceptors (Lipinski definition) is 3. The second-order valence-electron chi connectivity index (χ2n) is 7.32. The van der Waals surface area contributed by atoms with Crippen LogP contribution in [0.15, 0.2) is 47.4 Å². The van der Waals surface area contributed by atoms with Gasteiger partial charge in [-0.1, -0.05) is 12.1 Å². The predicted octanol–water partition coefficient (Wildman–Crippen LogP) is 4.20. The molecule has 5 nitrogen and oxygen atoms in total. The molecular formula is C22H20F4N2O3. The molecule has 2 N–H and O–H groups in total. The molecule has 0 saturated heterocycles. The highest BCUT2D eigenvalue weighted by Gasteiger charge is 2.34. The zero-order valence-corrected chi connectivity index (χ0v) is 16.8. The van der Waals surface area contributed by atoms with Crippen molar-refractivity contribution in [2.24, 2.45) is 0 Å². The van der Waals surface area contributed by atoms with E-state index in [1.807, 2.05) is 0 Å². The van der Waals surface area contributed by atoms with Crippen molar-refractivity contribution < 1.29 is 27.5 Å². The van der Waals surface area contributed by atoms with E-state index in [-0.39, 0.29) is 17.7 Å². The fourth-order valence-electron chi connectivity index (χ4n) is 3.32. The van der Waals surface area contributed by atoms with Crippen molar-refractivity contribution in [1.29, 1.82) is 0 Å². The van der Waals surface area contributed by atoms with Crippen LogP contribution in [0, 0.1) is 12.7 Å². The Morgan fingerprint density at radius 1 is 1.16 bits per heavy atom. The first-order chi connectivity index (χ1) is 14.5. The molecule has 0 aliphatic rings. The molecule has 0 aliphatic heterocycles. The second-order valence-corrected chi connectivity index (χ2v) is 7.32. The number of aryl methyl sites for hydroxylation is 1. The van der Waals surface area contributed by atoms with E-state index in [0.717, 1.165) is 6.07 Å². The number of nitrogens with one attached hydrogen (secondary N) is 1. The van der Waals surface area contributed by atoms with Gasteiger partial charge < -0.3 is 15.0 Å². The third-order valence-corrected chi connectivity index (χ3v) is 5.02. The minimum absolute atomic E-state index is 0.00300. The average molecular weight is 436 g/mol. The quantitative estimate of drug-likeness (QED) is 0.589. The maximum atomic E-state index is 13.5. The lowest BCUT2D eigenvalue weighted by Gasteiger charge is -2.16. The van der Waals surface area contributed by atoms with E-state index in [1.165, 1.54) is 10.8 Å². The number of amides is 1. The number of aliphatic hydroxyl groups is 1. The number of halogens is 4. The predicted molar refractivity (Wildman–Crippen MR) is 108 cm³/mol. The van der Waals surface area contributed by atoms with Gasteiger partial charge in [0, 0.05) is 17.0 Å². The first kappa shape index (κ1) is 22.5. The molecular weight excluding hydrogens is 416 g/mol. The average Bonchev–Trinajstić information content (AvgIpc) is 2.70. The lowest BCUT2D eigenvalue weighted by atomic mass is 10.0. The number of anilines is 1. The molecule has 1 unspecified atom stereocenters. The van der Waals surface area contributed by atoms with Gasteiger partial charge in [-0.05, 0) is 49.2 Å². The summed E-state index contributed by atoms with van der Waals surface area (Å²) in [5, 5.41) is 12.8. The Bertz CT molecular complexity index is 1200. The van der Waals surface area contributed by atoms with Crippen LogP contribution in [0.2, 0.25) is 0 Å². The monoisotopic (exact) mass is 436 g/mol. The first-order valence-electron chi connectivity index (χ1n) is 9.43. The van der Waals surface area contributed by atoms with Crippen LogP contribution in [-0.4, -0.2) is 22.2 Å². The van der Waals surface area contributed by atoms with Gasteiger partial charge in [0.05, 0.1) is 30.3 Å². The zero-order valence-electron chi connectivity index (χ0n) is 16.8. The SMILES string of the molecule is Cc1ccc2c(=O)n(C(C)CO)ccc2c1NC(=O)Cc1ccc(F)c(C(F)(F)F)c1. The molecule has 31 heavy (non-hydrogen) atoms. The normalized spacial score (nSPS) is 12.7. The van der Waals surface area contributed by atoms with Crippen LogP contribution in [0.1, 0.15) is 29.7 Å². The van der Waals surface area contributed by atoms with Crippen LogP contribution in [0.4, 0.5) is 23.2 Å². The molecule has 0 aliphatic carbocycles. The molecule has 2 aromatic carbocycles. The van der Waals surface area contributed by atoms with Gasteiger partial charge in [0.25, 0.3) is 5.56 Å². The third kappa shape index (κ3) is 4.61. The topological polar surface area (TPSA) is 71.3 Å². The number of aliphatic hydroxyl groups excluding tert-OH is 1. The van der Waals surface area contributed by atoms with Gasteiger partial charge in [0.15, 0.2) is 0 Å². The highest BCUT2D eigenvalue weighted by Crippen LogP contribution is 2.32. The maximum absolute atomic E-state index is 13.5. The van der Waals surface area contributed by atoms with Crippen LogP contribution in [0.3, 0.4) is 0 Å². The molecule has 1 aromatic heterocycles. The van der Waals surface area contributed by atoms with E-state index in [0.29, 0.717) is 34.2 Å². The molecule has 0 fully saturated rings. The van der Waals surface area contributed by atoms with Crippen LogP contribution < -0.4 is 10.9 Å². The van der Waals surface area contributed by atoms with Gasteiger partial charge in [0.2, 0.25) is 5.91 Å². The van der Waals surface area contributed by atoms with Crippen molar-refractivity contribution in [2.45, 2.75) is 32.5 Å². The van der Waals surface area contributed by atoms with Crippen molar-refractivity contribution >= 4 is 22.4 Å². The molecule has 3 aromatic rings.